The van der Waals surface area contributed by atoms with Crippen molar-refractivity contribution < 1.29 is 13.9 Å². The maximum absolute atomic E-state index is 13.2. The van der Waals surface area contributed by atoms with Crippen LogP contribution in [0, 0.1) is 5.82 Å². The molecular formula is C18H21FN4O2. The summed E-state index contributed by atoms with van der Waals surface area (Å²) in [7, 11) is 0. The minimum Gasteiger partial charge on any atom is -0.379 e. The van der Waals surface area contributed by atoms with Crippen LogP contribution in [0.4, 0.5) is 15.8 Å². The van der Waals surface area contributed by atoms with E-state index < -0.39 is 0 Å². The SMILES string of the molecule is O=C(NCCN1CCOCC1)c1cncc(Nc2cccc(F)c2)c1. The van der Waals surface area contributed by atoms with Crippen molar-refractivity contribution in [3.63, 3.8) is 0 Å². The number of ether oxygens (including phenoxy) is 1. The number of hydrogen-bond donors (Lipinski definition) is 2. The summed E-state index contributed by atoms with van der Waals surface area (Å²) in [6, 6.07) is 7.82. The first-order chi connectivity index (χ1) is 12.2. The Kier molecular flexibility index (Phi) is 5.92. The summed E-state index contributed by atoms with van der Waals surface area (Å²) in [4.78, 5) is 18.6. The third-order valence-corrected chi connectivity index (χ3v) is 3.93. The van der Waals surface area contributed by atoms with E-state index >= 15 is 0 Å². The third kappa shape index (κ3) is 5.23. The summed E-state index contributed by atoms with van der Waals surface area (Å²) in [5.41, 5.74) is 1.70. The van der Waals surface area contributed by atoms with Gasteiger partial charge < -0.3 is 15.4 Å². The third-order valence-electron chi connectivity index (χ3n) is 3.93. The number of rotatable bonds is 6. The maximum atomic E-state index is 13.2. The molecule has 7 heteroatoms. The number of anilines is 2. The van der Waals surface area contributed by atoms with Gasteiger partial charge in [-0.05, 0) is 24.3 Å². The molecule has 0 atom stereocenters. The van der Waals surface area contributed by atoms with Gasteiger partial charge in [-0.25, -0.2) is 4.39 Å². The van der Waals surface area contributed by atoms with Gasteiger partial charge in [0.1, 0.15) is 5.82 Å². The second-order valence-electron chi connectivity index (χ2n) is 5.81. The Hall–Kier alpha value is -2.51. The van der Waals surface area contributed by atoms with Gasteiger partial charge in [-0.3, -0.25) is 14.7 Å². The summed E-state index contributed by atoms with van der Waals surface area (Å²) in [5, 5.41) is 5.94. The van der Waals surface area contributed by atoms with Crippen LogP contribution in [0.15, 0.2) is 42.7 Å². The number of halogens is 1. The predicted molar refractivity (Wildman–Crippen MR) is 93.5 cm³/mol. The van der Waals surface area contributed by atoms with E-state index in [0.29, 0.717) is 23.5 Å². The van der Waals surface area contributed by atoms with Gasteiger partial charge in [0.2, 0.25) is 0 Å². The molecule has 2 heterocycles. The number of carbonyl (C=O) groups is 1. The van der Waals surface area contributed by atoms with Gasteiger partial charge in [-0.2, -0.15) is 0 Å². The van der Waals surface area contributed by atoms with Crippen LogP contribution in [0.3, 0.4) is 0 Å². The van der Waals surface area contributed by atoms with Gasteiger partial charge >= 0.3 is 0 Å². The minimum absolute atomic E-state index is 0.177. The summed E-state index contributed by atoms with van der Waals surface area (Å²) in [5.74, 6) is -0.501. The van der Waals surface area contributed by atoms with Crippen molar-refractivity contribution in [1.29, 1.82) is 0 Å². The fraction of sp³-hybridized carbons (Fsp3) is 0.333. The average Bonchev–Trinajstić information content (AvgIpc) is 2.63. The summed E-state index contributed by atoms with van der Waals surface area (Å²) >= 11 is 0. The van der Waals surface area contributed by atoms with E-state index in [1.807, 2.05) is 0 Å². The highest BCUT2D eigenvalue weighted by Crippen LogP contribution is 2.17. The Morgan fingerprint density at radius 2 is 2.04 bits per heavy atom. The minimum atomic E-state index is -0.324. The number of carbonyl (C=O) groups excluding carboxylic acids is 1. The molecule has 25 heavy (non-hydrogen) atoms. The van der Waals surface area contributed by atoms with E-state index in [-0.39, 0.29) is 11.7 Å². The summed E-state index contributed by atoms with van der Waals surface area (Å²) in [6.07, 6.45) is 3.11. The lowest BCUT2D eigenvalue weighted by Crippen LogP contribution is -2.41. The average molecular weight is 344 g/mol. The number of pyridine rings is 1. The second kappa shape index (κ2) is 8.55. The number of morpholine rings is 1. The molecule has 2 aromatic rings. The molecule has 0 spiro atoms. The predicted octanol–water partition coefficient (Wildman–Crippen LogP) is 2.03. The van der Waals surface area contributed by atoms with Crippen LogP contribution in [0.2, 0.25) is 0 Å². The smallest absolute Gasteiger partial charge is 0.252 e. The van der Waals surface area contributed by atoms with E-state index in [1.165, 1.54) is 18.3 Å². The van der Waals surface area contributed by atoms with E-state index in [1.54, 1.807) is 24.4 Å². The Bertz CT molecular complexity index is 720. The molecule has 1 aliphatic rings. The number of nitrogens with zero attached hydrogens (tertiary/aromatic N) is 2. The van der Waals surface area contributed by atoms with Gasteiger partial charge in [-0.15, -0.1) is 0 Å². The first kappa shape index (κ1) is 17.3. The molecule has 0 saturated carbocycles. The topological polar surface area (TPSA) is 66.5 Å². The molecule has 1 aliphatic heterocycles. The zero-order valence-electron chi connectivity index (χ0n) is 13.9. The molecule has 0 aliphatic carbocycles. The van der Waals surface area contributed by atoms with Crippen molar-refractivity contribution >= 4 is 17.3 Å². The highest BCUT2D eigenvalue weighted by Gasteiger charge is 2.11. The lowest BCUT2D eigenvalue weighted by Gasteiger charge is -2.26. The molecule has 0 radical (unpaired) electrons. The second-order valence-corrected chi connectivity index (χ2v) is 5.81. The molecule has 132 valence electrons. The lowest BCUT2D eigenvalue weighted by atomic mass is 10.2. The fourth-order valence-corrected chi connectivity index (χ4v) is 2.62. The molecule has 0 unspecified atom stereocenters. The number of amides is 1. The number of aromatic nitrogens is 1. The van der Waals surface area contributed by atoms with Crippen molar-refractivity contribution in [2.75, 3.05) is 44.7 Å². The first-order valence-corrected chi connectivity index (χ1v) is 8.27. The van der Waals surface area contributed by atoms with Crippen molar-refractivity contribution in [2.45, 2.75) is 0 Å². The lowest BCUT2D eigenvalue weighted by molar-refractivity contribution is 0.0383. The van der Waals surface area contributed by atoms with Gasteiger partial charge in [-0.1, -0.05) is 6.07 Å². The van der Waals surface area contributed by atoms with E-state index in [9.17, 15) is 9.18 Å². The Morgan fingerprint density at radius 3 is 2.84 bits per heavy atom. The van der Waals surface area contributed by atoms with Crippen LogP contribution in [-0.4, -0.2) is 55.2 Å². The molecule has 2 N–H and O–H groups in total. The Balaban J connectivity index is 1.54. The van der Waals surface area contributed by atoms with Gasteiger partial charge in [0, 0.05) is 38.1 Å². The Labute approximate surface area is 146 Å². The molecule has 1 aromatic carbocycles. The van der Waals surface area contributed by atoms with Crippen molar-refractivity contribution in [2.24, 2.45) is 0 Å². The normalized spacial score (nSPS) is 14.9. The standard InChI is InChI=1S/C18H21FN4O2/c19-15-2-1-3-16(11-15)22-17-10-14(12-20-13-17)18(24)21-4-5-23-6-8-25-9-7-23/h1-3,10-13,22H,4-9H2,(H,21,24). The zero-order valence-corrected chi connectivity index (χ0v) is 13.9. The molecule has 1 amide bonds. The van der Waals surface area contributed by atoms with Crippen LogP contribution in [0.5, 0.6) is 0 Å². The molecule has 1 saturated heterocycles. The quantitative estimate of drug-likeness (QED) is 0.839. The summed E-state index contributed by atoms with van der Waals surface area (Å²) in [6.45, 7) is 4.64. The summed E-state index contributed by atoms with van der Waals surface area (Å²) < 4.78 is 18.5. The van der Waals surface area contributed by atoms with E-state index in [2.05, 4.69) is 20.5 Å². The Morgan fingerprint density at radius 1 is 1.20 bits per heavy atom. The highest BCUT2D eigenvalue weighted by atomic mass is 19.1. The van der Waals surface area contributed by atoms with Crippen molar-refractivity contribution in [3.05, 3.63) is 54.1 Å². The molecule has 3 rings (SSSR count). The fourth-order valence-electron chi connectivity index (χ4n) is 2.62. The van der Waals surface area contributed by atoms with Crippen LogP contribution in [0.1, 0.15) is 10.4 Å². The van der Waals surface area contributed by atoms with Crippen LogP contribution in [-0.2, 0) is 4.74 Å². The number of hydrogen-bond acceptors (Lipinski definition) is 5. The molecule has 1 aromatic heterocycles. The zero-order chi connectivity index (χ0) is 17.5. The van der Waals surface area contributed by atoms with Gasteiger partial charge in [0.15, 0.2) is 0 Å². The van der Waals surface area contributed by atoms with Crippen molar-refractivity contribution in [3.8, 4) is 0 Å². The highest BCUT2D eigenvalue weighted by molar-refractivity contribution is 5.94. The largest absolute Gasteiger partial charge is 0.379 e. The first-order valence-electron chi connectivity index (χ1n) is 8.27. The van der Waals surface area contributed by atoms with Crippen LogP contribution < -0.4 is 10.6 Å². The number of nitrogens with one attached hydrogen (secondary N) is 2. The van der Waals surface area contributed by atoms with E-state index in [0.717, 1.165) is 32.8 Å². The van der Waals surface area contributed by atoms with Crippen LogP contribution >= 0.6 is 0 Å². The van der Waals surface area contributed by atoms with Gasteiger partial charge in [0.25, 0.3) is 5.91 Å². The molecular weight excluding hydrogens is 323 g/mol. The monoisotopic (exact) mass is 344 g/mol. The van der Waals surface area contributed by atoms with Crippen LogP contribution in [0.25, 0.3) is 0 Å². The maximum Gasteiger partial charge on any atom is 0.252 e. The molecule has 1 fully saturated rings. The van der Waals surface area contributed by atoms with E-state index in [4.69, 9.17) is 4.74 Å². The van der Waals surface area contributed by atoms with Gasteiger partial charge in [0.05, 0.1) is 30.7 Å². The molecule has 0 bridgehead atoms. The van der Waals surface area contributed by atoms with Crippen molar-refractivity contribution in [1.82, 2.24) is 15.2 Å². The molecule has 6 nitrogen and oxygen atoms in total. The number of benzene rings is 1.